The fourth-order valence-corrected chi connectivity index (χ4v) is 3.11. The van der Waals surface area contributed by atoms with Crippen LogP contribution in [0.1, 0.15) is 39.8 Å². The molecule has 1 aliphatic carbocycles. The third kappa shape index (κ3) is 4.24. The number of carbonyl (C=O) groups excluding carboxylic acids is 1. The smallest absolute Gasteiger partial charge is 0.260 e. The summed E-state index contributed by atoms with van der Waals surface area (Å²) in [6.45, 7) is 7.79. The first-order chi connectivity index (χ1) is 13.4. The largest absolute Gasteiger partial charge is 0.384 e. The second kappa shape index (κ2) is 8.73. The van der Waals surface area contributed by atoms with Gasteiger partial charge >= 0.3 is 0 Å². The number of anilines is 1. The van der Waals surface area contributed by atoms with E-state index in [0.717, 1.165) is 5.69 Å². The summed E-state index contributed by atoms with van der Waals surface area (Å²) in [5, 5.41) is 3.00. The fraction of sp³-hybridized carbons (Fsp3) is 0.333. The van der Waals surface area contributed by atoms with Gasteiger partial charge < -0.3 is 11.1 Å². The molecule has 1 atom stereocenters. The maximum atomic E-state index is 14.2. The molecule has 0 radical (unpaired) electrons. The molecule has 1 unspecified atom stereocenters. The van der Waals surface area contributed by atoms with Crippen LogP contribution in [0.4, 0.5) is 10.1 Å². The van der Waals surface area contributed by atoms with Crippen molar-refractivity contribution in [3.63, 3.8) is 0 Å². The van der Waals surface area contributed by atoms with E-state index in [0.29, 0.717) is 6.42 Å². The van der Waals surface area contributed by atoms with Gasteiger partial charge in [-0.3, -0.25) is 14.8 Å². The monoisotopic (exact) mass is 383 g/mol. The van der Waals surface area contributed by atoms with Gasteiger partial charge in [0.15, 0.2) is 0 Å². The lowest BCUT2D eigenvalue weighted by Crippen LogP contribution is -2.29. The van der Waals surface area contributed by atoms with Crippen molar-refractivity contribution >= 4 is 17.4 Å². The van der Waals surface area contributed by atoms with Crippen LogP contribution in [0.15, 0.2) is 60.1 Å². The fourth-order valence-electron chi connectivity index (χ4n) is 3.11. The zero-order valence-corrected chi connectivity index (χ0v) is 16.6. The quantitative estimate of drug-likeness (QED) is 0.605. The molecule has 3 rings (SSSR count). The number of halogens is 1. The highest BCUT2D eigenvalue weighted by molar-refractivity contribution is 6.05. The van der Waals surface area contributed by atoms with Gasteiger partial charge in [0.05, 0.1) is 5.69 Å². The van der Waals surface area contributed by atoms with Crippen molar-refractivity contribution < 1.29 is 9.18 Å². The molecule has 6 nitrogen and oxygen atoms in total. The summed E-state index contributed by atoms with van der Waals surface area (Å²) in [7, 11) is 0. The Morgan fingerprint density at radius 2 is 1.89 bits per heavy atom. The molecule has 28 heavy (non-hydrogen) atoms. The Balaban J connectivity index is 0.00000136. The van der Waals surface area contributed by atoms with Crippen LogP contribution < -0.4 is 11.1 Å². The first-order valence-electron chi connectivity index (χ1n) is 9.19. The summed E-state index contributed by atoms with van der Waals surface area (Å²) >= 11 is 0. The van der Waals surface area contributed by atoms with E-state index in [2.05, 4.69) is 20.3 Å². The minimum absolute atomic E-state index is 0.0370. The molecule has 0 aromatic carbocycles. The molecule has 1 amide bonds. The van der Waals surface area contributed by atoms with Gasteiger partial charge in [-0.25, -0.2) is 4.39 Å². The van der Waals surface area contributed by atoms with E-state index in [9.17, 15) is 9.18 Å². The van der Waals surface area contributed by atoms with Crippen molar-refractivity contribution in [1.82, 2.24) is 9.97 Å². The summed E-state index contributed by atoms with van der Waals surface area (Å²) in [5.41, 5.74) is 5.30. The number of aromatic nitrogens is 2. The van der Waals surface area contributed by atoms with Crippen molar-refractivity contribution in [1.29, 1.82) is 0 Å². The molecule has 1 fully saturated rings. The Hall–Kier alpha value is -3.09. The van der Waals surface area contributed by atoms with Crippen molar-refractivity contribution in [2.24, 2.45) is 16.1 Å². The summed E-state index contributed by atoms with van der Waals surface area (Å²) < 4.78 is 14.2. The Bertz CT molecular complexity index is 879. The molecule has 3 N–H and O–H groups in total. The average Bonchev–Trinajstić information content (AvgIpc) is 3.28. The van der Waals surface area contributed by atoms with Crippen molar-refractivity contribution in [2.45, 2.75) is 39.5 Å². The third-order valence-electron chi connectivity index (χ3n) is 4.68. The Kier molecular flexibility index (Phi) is 6.62. The molecule has 1 saturated carbocycles. The van der Waals surface area contributed by atoms with Gasteiger partial charge in [0.25, 0.3) is 5.91 Å². The van der Waals surface area contributed by atoms with Crippen molar-refractivity contribution in [3.8, 4) is 0 Å². The van der Waals surface area contributed by atoms with Crippen LogP contribution in [-0.4, -0.2) is 21.7 Å². The molecule has 0 spiro atoms. The zero-order chi connectivity index (χ0) is 20.8. The van der Waals surface area contributed by atoms with Gasteiger partial charge in [-0.05, 0) is 42.2 Å². The minimum Gasteiger partial charge on any atom is -0.384 e. The standard InChI is InChI=1S/C19H20FN5O.C2H6/c1-18(2)12-19(18,16-14(20)4-3-8-24-16)17(26)25-15(21)7-11-23-13-5-9-22-10-6-13;1-2/h3-11H,12H2,1-2H3,(H,22,23)(H2,21,25,26);1-2H3/b11-7-;. The Labute approximate surface area is 164 Å². The van der Waals surface area contributed by atoms with Crippen LogP contribution in [0, 0.1) is 11.2 Å². The van der Waals surface area contributed by atoms with Crippen molar-refractivity contribution in [2.75, 3.05) is 5.32 Å². The number of nitrogens with two attached hydrogens (primary N) is 1. The van der Waals surface area contributed by atoms with Crippen LogP contribution in [-0.2, 0) is 10.2 Å². The van der Waals surface area contributed by atoms with Gasteiger partial charge in [0.1, 0.15) is 17.1 Å². The highest BCUT2D eigenvalue weighted by atomic mass is 19.1. The molecule has 1 aliphatic rings. The summed E-state index contributed by atoms with van der Waals surface area (Å²) in [6, 6.07) is 6.37. The predicted octanol–water partition coefficient (Wildman–Crippen LogP) is 3.82. The number of hydrogen-bond acceptors (Lipinski definition) is 4. The lowest BCUT2D eigenvalue weighted by molar-refractivity contribution is -0.121. The predicted molar refractivity (Wildman–Crippen MR) is 109 cm³/mol. The average molecular weight is 383 g/mol. The van der Waals surface area contributed by atoms with Crippen LogP contribution in [0.25, 0.3) is 0 Å². The van der Waals surface area contributed by atoms with Gasteiger partial charge in [0.2, 0.25) is 0 Å². The van der Waals surface area contributed by atoms with Crippen molar-refractivity contribution in [3.05, 3.63) is 66.6 Å². The lowest BCUT2D eigenvalue weighted by Gasteiger charge is -2.17. The SMILES string of the molecule is CC.CC1(C)CC1(C(=O)N=C(N)/C=C\Nc1ccncc1)c1ncccc1F. The van der Waals surface area contributed by atoms with Crippen LogP contribution in [0.5, 0.6) is 0 Å². The summed E-state index contributed by atoms with van der Waals surface area (Å²) in [6.07, 6.45) is 8.31. The lowest BCUT2D eigenvalue weighted by atomic mass is 9.90. The maximum Gasteiger partial charge on any atom is 0.260 e. The number of pyridine rings is 2. The second-order valence-corrected chi connectivity index (χ2v) is 6.86. The molecule has 2 heterocycles. The van der Waals surface area contributed by atoms with E-state index in [1.54, 1.807) is 30.7 Å². The molecule has 7 heteroatoms. The number of carbonyl (C=O) groups is 1. The minimum atomic E-state index is -1.07. The maximum absolute atomic E-state index is 14.2. The number of amidine groups is 1. The van der Waals surface area contributed by atoms with Gasteiger partial charge in [-0.1, -0.05) is 27.7 Å². The van der Waals surface area contributed by atoms with Gasteiger partial charge in [-0.2, -0.15) is 4.99 Å². The number of nitrogens with one attached hydrogen (secondary N) is 1. The molecule has 2 aromatic rings. The number of amides is 1. The molecule has 148 valence electrons. The molecule has 0 bridgehead atoms. The summed E-state index contributed by atoms with van der Waals surface area (Å²) in [4.78, 5) is 24.8. The molecule has 0 saturated heterocycles. The number of aliphatic imine (C=N–C) groups is 1. The Morgan fingerprint density at radius 1 is 1.25 bits per heavy atom. The number of rotatable bonds is 5. The highest BCUT2D eigenvalue weighted by Gasteiger charge is 2.69. The third-order valence-corrected chi connectivity index (χ3v) is 4.68. The first-order valence-corrected chi connectivity index (χ1v) is 9.19. The van der Waals surface area contributed by atoms with E-state index < -0.39 is 22.6 Å². The van der Waals surface area contributed by atoms with Gasteiger partial charge in [-0.15, -0.1) is 0 Å². The summed E-state index contributed by atoms with van der Waals surface area (Å²) in [5.74, 6) is -0.948. The number of hydrogen-bond donors (Lipinski definition) is 2. The molecular formula is C21H26FN5O. The topological polar surface area (TPSA) is 93.3 Å². The Morgan fingerprint density at radius 3 is 2.46 bits per heavy atom. The molecule has 2 aromatic heterocycles. The van der Waals surface area contributed by atoms with Crippen LogP contribution in [0.2, 0.25) is 0 Å². The van der Waals surface area contributed by atoms with E-state index in [-0.39, 0.29) is 11.5 Å². The molecule has 0 aliphatic heterocycles. The highest BCUT2D eigenvalue weighted by Crippen LogP contribution is 2.64. The number of nitrogens with zero attached hydrogens (tertiary/aromatic N) is 3. The van der Waals surface area contributed by atoms with E-state index in [1.165, 1.54) is 24.4 Å². The van der Waals surface area contributed by atoms with Gasteiger partial charge in [0, 0.05) is 30.5 Å². The molecular weight excluding hydrogens is 357 g/mol. The van der Waals surface area contributed by atoms with E-state index >= 15 is 0 Å². The normalized spacial score (nSPS) is 20.2. The van der Waals surface area contributed by atoms with E-state index in [1.807, 2.05) is 27.7 Å². The van der Waals surface area contributed by atoms with Crippen LogP contribution >= 0.6 is 0 Å². The first kappa shape index (κ1) is 21.2. The van der Waals surface area contributed by atoms with Crippen LogP contribution in [0.3, 0.4) is 0 Å². The van der Waals surface area contributed by atoms with E-state index in [4.69, 9.17) is 5.73 Å². The second-order valence-electron chi connectivity index (χ2n) is 6.86. The zero-order valence-electron chi connectivity index (χ0n) is 16.6.